The van der Waals surface area contributed by atoms with Gasteiger partial charge in [-0.3, -0.25) is 0 Å². The van der Waals surface area contributed by atoms with Crippen LogP contribution < -0.4 is 4.72 Å². The number of nitrogens with zero attached hydrogens (tertiary/aromatic N) is 2. The van der Waals surface area contributed by atoms with Gasteiger partial charge in [0.2, 0.25) is 10.0 Å². The quantitative estimate of drug-likeness (QED) is 0.868. The van der Waals surface area contributed by atoms with Crippen LogP contribution in [0.3, 0.4) is 0 Å². The molecule has 3 rings (SSSR count). The summed E-state index contributed by atoms with van der Waals surface area (Å²) in [7, 11) is -4.39. The second-order valence-corrected chi connectivity index (χ2v) is 7.98. The van der Waals surface area contributed by atoms with Crippen LogP contribution in [0.1, 0.15) is 17.8 Å². The van der Waals surface area contributed by atoms with Crippen LogP contribution in [0.25, 0.3) is 0 Å². The molecule has 0 unspecified atom stereocenters. The average Bonchev–Trinajstić information content (AvgIpc) is 2.99. The molecule has 1 aromatic heterocycles. The third-order valence-electron chi connectivity index (χ3n) is 4.14. The van der Waals surface area contributed by atoms with E-state index in [0.717, 1.165) is 18.0 Å². The molecule has 0 radical (unpaired) electrons. The van der Waals surface area contributed by atoms with Gasteiger partial charge in [-0.1, -0.05) is 17.7 Å². The van der Waals surface area contributed by atoms with Gasteiger partial charge < -0.3 is 4.57 Å². The van der Waals surface area contributed by atoms with Gasteiger partial charge in [0, 0.05) is 31.9 Å². The number of aromatic nitrogens is 2. The van der Waals surface area contributed by atoms with E-state index in [0.29, 0.717) is 25.5 Å². The van der Waals surface area contributed by atoms with Crippen LogP contribution in [-0.4, -0.2) is 24.5 Å². The molecule has 136 valence electrons. The van der Waals surface area contributed by atoms with Crippen molar-refractivity contribution in [1.82, 2.24) is 14.3 Å². The minimum atomic E-state index is -4.81. The Kier molecular flexibility index (Phi) is 4.82. The molecule has 1 aromatic carbocycles. The maximum Gasteiger partial charge on any atom is 0.417 e. The highest BCUT2D eigenvalue weighted by Gasteiger charge is 2.38. The van der Waals surface area contributed by atoms with Gasteiger partial charge in [0.05, 0.1) is 10.6 Å². The fraction of sp³-hybridized carbons (Fsp3) is 0.400. The van der Waals surface area contributed by atoms with Crippen molar-refractivity contribution in [3.05, 3.63) is 47.0 Å². The summed E-state index contributed by atoms with van der Waals surface area (Å²) in [6.45, 7) is 0.592. The SMILES string of the molecule is O=S(=O)(NC[C@H]1CCc2nccn2C1)c1c(Cl)cccc1C(F)(F)F. The molecule has 5 nitrogen and oxygen atoms in total. The number of hydrogen-bond donors (Lipinski definition) is 1. The van der Waals surface area contributed by atoms with E-state index in [-0.39, 0.29) is 12.5 Å². The Hall–Kier alpha value is -1.58. The summed E-state index contributed by atoms with van der Waals surface area (Å²) in [5.74, 6) is 0.887. The maximum absolute atomic E-state index is 13.1. The Labute approximate surface area is 147 Å². The number of fused-ring (bicyclic) bond motifs is 1. The topological polar surface area (TPSA) is 64.0 Å². The van der Waals surface area contributed by atoms with Crippen LogP contribution in [0.15, 0.2) is 35.5 Å². The van der Waals surface area contributed by atoms with E-state index < -0.39 is 31.7 Å². The highest BCUT2D eigenvalue weighted by Crippen LogP contribution is 2.37. The van der Waals surface area contributed by atoms with Gasteiger partial charge in [-0.2, -0.15) is 13.2 Å². The predicted molar refractivity (Wildman–Crippen MR) is 85.7 cm³/mol. The summed E-state index contributed by atoms with van der Waals surface area (Å²) >= 11 is 5.76. The van der Waals surface area contributed by atoms with E-state index in [2.05, 4.69) is 9.71 Å². The third kappa shape index (κ3) is 3.83. The minimum Gasteiger partial charge on any atom is -0.335 e. The fourth-order valence-electron chi connectivity index (χ4n) is 2.91. The predicted octanol–water partition coefficient (Wildman–Crippen LogP) is 3.10. The van der Waals surface area contributed by atoms with Crippen LogP contribution >= 0.6 is 11.6 Å². The first-order chi connectivity index (χ1) is 11.7. The Morgan fingerprint density at radius 2 is 2.12 bits per heavy atom. The van der Waals surface area contributed by atoms with Crippen LogP contribution in [0, 0.1) is 5.92 Å². The Morgan fingerprint density at radius 3 is 2.84 bits per heavy atom. The number of alkyl halides is 3. The molecule has 0 aliphatic carbocycles. The number of aryl methyl sites for hydroxylation is 1. The van der Waals surface area contributed by atoms with Gasteiger partial charge in [0.25, 0.3) is 0 Å². The first-order valence-corrected chi connectivity index (χ1v) is 9.40. The van der Waals surface area contributed by atoms with Crippen molar-refractivity contribution in [2.45, 2.75) is 30.5 Å². The Bertz CT molecular complexity index is 880. The molecule has 25 heavy (non-hydrogen) atoms. The number of imidazole rings is 1. The molecule has 1 N–H and O–H groups in total. The molecule has 0 amide bonds. The molecule has 0 saturated carbocycles. The van der Waals surface area contributed by atoms with Crippen LogP contribution in [0.2, 0.25) is 5.02 Å². The molecule has 0 spiro atoms. The summed E-state index contributed by atoms with van der Waals surface area (Å²) < 4.78 is 68.4. The van der Waals surface area contributed by atoms with Crippen LogP contribution in [0.5, 0.6) is 0 Å². The summed E-state index contributed by atoms with van der Waals surface area (Å²) in [6, 6.07) is 2.91. The van der Waals surface area contributed by atoms with Gasteiger partial charge >= 0.3 is 6.18 Å². The second-order valence-electron chi connectivity index (χ2n) is 5.87. The highest BCUT2D eigenvalue weighted by atomic mass is 35.5. The largest absolute Gasteiger partial charge is 0.417 e. The van der Waals surface area contributed by atoms with Gasteiger partial charge in [-0.25, -0.2) is 18.1 Å². The van der Waals surface area contributed by atoms with E-state index >= 15 is 0 Å². The number of sulfonamides is 1. The molecule has 2 aromatic rings. The van der Waals surface area contributed by atoms with E-state index in [4.69, 9.17) is 11.6 Å². The fourth-order valence-corrected chi connectivity index (χ4v) is 4.79. The molecular weight excluding hydrogens is 379 g/mol. The lowest BCUT2D eigenvalue weighted by molar-refractivity contribution is -0.139. The molecule has 10 heteroatoms. The Morgan fingerprint density at radius 1 is 1.36 bits per heavy atom. The average molecular weight is 394 g/mol. The first-order valence-electron chi connectivity index (χ1n) is 7.54. The minimum absolute atomic E-state index is 0.0302. The lowest BCUT2D eigenvalue weighted by Crippen LogP contribution is -2.34. The normalized spacial score (nSPS) is 18.2. The molecule has 0 saturated heterocycles. The van der Waals surface area contributed by atoms with Gasteiger partial charge in [-0.05, 0) is 24.5 Å². The molecule has 1 aliphatic heterocycles. The highest BCUT2D eigenvalue weighted by molar-refractivity contribution is 7.89. The van der Waals surface area contributed by atoms with Crippen molar-refractivity contribution in [1.29, 1.82) is 0 Å². The van der Waals surface area contributed by atoms with Crippen LogP contribution in [-0.2, 0) is 29.2 Å². The van der Waals surface area contributed by atoms with Gasteiger partial charge in [0.15, 0.2) is 0 Å². The zero-order valence-corrected chi connectivity index (χ0v) is 14.5. The number of benzene rings is 1. The van der Waals surface area contributed by atoms with Gasteiger partial charge in [0.1, 0.15) is 10.7 Å². The molecule has 2 heterocycles. The molecule has 0 fully saturated rings. The summed E-state index contributed by atoms with van der Waals surface area (Å²) in [6.07, 6.45) is 0.0477. The molecule has 0 bridgehead atoms. The Balaban J connectivity index is 1.80. The number of rotatable bonds is 4. The molecule has 1 aliphatic rings. The summed E-state index contributed by atoms with van der Waals surface area (Å²) in [5, 5.41) is -0.456. The van der Waals surface area contributed by atoms with E-state index in [1.54, 1.807) is 12.4 Å². The zero-order chi connectivity index (χ0) is 18.2. The lowest BCUT2D eigenvalue weighted by atomic mass is 10.00. The van der Waals surface area contributed by atoms with Crippen molar-refractivity contribution in [3.63, 3.8) is 0 Å². The van der Waals surface area contributed by atoms with Crippen molar-refractivity contribution >= 4 is 21.6 Å². The molecule has 1 atom stereocenters. The second kappa shape index (κ2) is 6.62. The van der Waals surface area contributed by atoms with Crippen LogP contribution in [0.4, 0.5) is 13.2 Å². The van der Waals surface area contributed by atoms with E-state index in [9.17, 15) is 21.6 Å². The van der Waals surface area contributed by atoms with Crippen molar-refractivity contribution in [3.8, 4) is 0 Å². The third-order valence-corrected chi connectivity index (χ3v) is 6.09. The number of halogens is 4. The van der Waals surface area contributed by atoms with Crippen molar-refractivity contribution in [2.75, 3.05) is 6.54 Å². The summed E-state index contributed by atoms with van der Waals surface area (Å²) in [4.78, 5) is 3.25. The van der Waals surface area contributed by atoms with Gasteiger partial charge in [-0.15, -0.1) is 0 Å². The van der Waals surface area contributed by atoms with Crippen molar-refractivity contribution < 1.29 is 21.6 Å². The monoisotopic (exact) mass is 393 g/mol. The first kappa shape index (κ1) is 18.2. The lowest BCUT2D eigenvalue weighted by Gasteiger charge is -2.24. The van der Waals surface area contributed by atoms with E-state index in [1.165, 1.54) is 0 Å². The smallest absolute Gasteiger partial charge is 0.335 e. The maximum atomic E-state index is 13.1. The summed E-state index contributed by atoms with van der Waals surface area (Å²) in [5.41, 5.74) is -1.27. The molecular formula is C15H15ClF3N3O2S. The number of hydrogen-bond acceptors (Lipinski definition) is 3. The van der Waals surface area contributed by atoms with E-state index in [1.807, 2.05) is 4.57 Å². The zero-order valence-electron chi connectivity index (χ0n) is 12.9. The van der Waals surface area contributed by atoms with Crippen molar-refractivity contribution in [2.24, 2.45) is 5.92 Å². The number of nitrogens with one attached hydrogen (secondary N) is 1. The standard InChI is InChI=1S/C15H15ClF3N3O2S/c16-12-3-1-2-11(15(17,18)19)14(12)25(23,24)21-8-10-4-5-13-20-6-7-22(13)9-10/h1-3,6-7,10,21H,4-5,8-9H2/t10-/m1/s1.